The third-order valence-corrected chi connectivity index (χ3v) is 4.47. The molecule has 1 unspecified atom stereocenters. The van der Waals surface area contributed by atoms with Crippen LogP contribution < -0.4 is 5.32 Å². The number of fused-ring (bicyclic) bond motifs is 1. The van der Waals surface area contributed by atoms with E-state index in [4.69, 9.17) is 0 Å². The molecular formula is C14H12N2O3S. The van der Waals surface area contributed by atoms with Crippen LogP contribution in [0, 0.1) is 10.1 Å². The topological polar surface area (TPSA) is 72.2 Å². The summed E-state index contributed by atoms with van der Waals surface area (Å²) in [7, 11) is 0. The zero-order chi connectivity index (χ0) is 14.1. The molecule has 1 aromatic heterocycles. The number of nitrogens with zero attached hydrogens (tertiary/aromatic N) is 1. The van der Waals surface area contributed by atoms with Crippen LogP contribution in [-0.2, 0) is 6.42 Å². The highest BCUT2D eigenvalue weighted by molar-refractivity contribution is 7.17. The number of hydrogen-bond donors (Lipinski definition) is 1. The number of carbonyl (C=O) groups is 1. The summed E-state index contributed by atoms with van der Waals surface area (Å²) in [6.07, 6.45) is 1.82. The van der Waals surface area contributed by atoms with Gasteiger partial charge in [0, 0.05) is 6.07 Å². The van der Waals surface area contributed by atoms with E-state index in [-0.39, 0.29) is 17.0 Å². The van der Waals surface area contributed by atoms with Gasteiger partial charge in [-0.25, -0.2) is 0 Å². The van der Waals surface area contributed by atoms with Crippen LogP contribution in [0.5, 0.6) is 0 Å². The molecule has 0 fully saturated rings. The third kappa shape index (κ3) is 2.30. The standard InChI is InChI=1S/C14H12N2O3S/c17-14(12-7-8-13(20-12)16(18)19)15-11-6-5-9-3-1-2-4-10(9)11/h1-4,7-8,11H,5-6H2,(H,15,17). The molecule has 5 nitrogen and oxygen atoms in total. The minimum Gasteiger partial charge on any atom is -0.345 e. The Balaban J connectivity index is 1.75. The zero-order valence-corrected chi connectivity index (χ0v) is 11.4. The molecular weight excluding hydrogens is 276 g/mol. The fourth-order valence-electron chi connectivity index (χ4n) is 2.48. The van der Waals surface area contributed by atoms with Crippen LogP contribution in [0.15, 0.2) is 36.4 Å². The zero-order valence-electron chi connectivity index (χ0n) is 10.5. The highest BCUT2D eigenvalue weighted by Gasteiger charge is 2.25. The summed E-state index contributed by atoms with van der Waals surface area (Å²) < 4.78 is 0. The second kappa shape index (κ2) is 5.05. The second-order valence-corrected chi connectivity index (χ2v) is 5.72. The number of aryl methyl sites for hydroxylation is 1. The molecule has 1 aromatic carbocycles. The molecule has 3 rings (SSSR count). The molecule has 1 amide bonds. The first-order valence-electron chi connectivity index (χ1n) is 6.28. The Bertz CT molecular complexity index is 681. The van der Waals surface area contributed by atoms with E-state index in [1.807, 2.05) is 18.2 Å². The molecule has 1 N–H and O–H groups in total. The smallest absolute Gasteiger partial charge is 0.324 e. The van der Waals surface area contributed by atoms with Crippen LogP contribution in [0.4, 0.5) is 5.00 Å². The van der Waals surface area contributed by atoms with Gasteiger partial charge in [0.1, 0.15) is 0 Å². The van der Waals surface area contributed by atoms with Crippen molar-refractivity contribution in [3.63, 3.8) is 0 Å². The van der Waals surface area contributed by atoms with Gasteiger partial charge >= 0.3 is 5.00 Å². The minimum absolute atomic E-state index is 0.000133. The van der Waals surface area contributed by atoms with Gasteiger partial charge in [0.2, 0.25) is 0 Å². The van der Waals surface area contributed by atoms with Gasteiger partial charge in [-0.05, 0) is 30.0 Å². The lowest BCUT2D eigenvalue weighted by Gasteiger charge is -2.13. The van der Waals surface area contributed by atoms with E-state index < -0.39 is 4.92 Å². The van der Waals surface area contributed by atoms with E-state index in [0.29, 0.717) is 4.88 Å². The van der Waals surface area contributed by atoms with Gasteiger partial charge in [0.25, 0.3) is 5.91 Å². The van der Waals surface area contributed by atoms with Crippen LogP contribution in [0.25, 0.3) is 0 Å². The molecule has 0 radical (unpaired) electrons. The van der Waals surface area contributed by atoms with Gasteiger partial charge in [-0.3, -0.25) is 14.9 Å². The summed E-state index contributed by atoms with van der Waals surface area (Å²) in [4.78, 5) is 22.6. The maximum atomic E-state index is 12.1. The lowest BCUT2D eigenvalue weighted by Crippen LogP contribution is -2.26. The summed E-state index contributed by atoms with van der Waals surface area (Å²) >= 11 is 0.903. The van der Waals surface area contributed by atoms with Crippen LogP contribution in [0.3, 0.4) is 0 Å². The quantitative estimate of drug-likeness (QED) is 0.697. The molecule has 1 aliphatic carbocycles. The van der Waals surface area contributed by atoms with Crippen molar-refractivity contribution in [3.05, 3.63) is 62.5 Å². The van der Waals surface area contributed by atoms with E-state index >= 15 is 0 Å². The summed E-state index contributed by atoms with van der Waals surface area (Å²) in [6, 6.07) is 10.9. The monoisotopic (exact) mass is 288 g/mol. The maximum absolute atomic E-state index is 12.1. The summed E-state index contributed by atoms with van der Waals surface area (Å²) in [6.45, 7) is 0. The normalized spacial score (nSPS) is 16.7. The Labute approximate surface area is 119 Å². The summed E-state index contributed by atoms with van der Waals surface area (Å²) in [5.41, 5.74) is 2.40. The first kappa shape index (κ1) is 12.8. The maximum Gasteiger partial charge on any atom is 0.324 e. The van der Waals surface area contributed by atoms with Gasteiger partial charge < -0.3 is 5.32 Å². The van der Waals surface area contributed by atoms with Crippen molar-refractivity contribution in [1.82, 2.24) is 5.32 Å². The number of benzene rings is 1. The molecule has 102 valence electrons. The molecule has 6 heteroatoms. The lowest BCUT2D eigenvalue weighted by atomic mass is 10.1. The molecule has 1 atom stereocenters. The van der Waals surface area contributed by atoms with Crippen LogP contribution in [0.1, 0.15) is 33.3 Å². The van der Waals surface area contributed by atoms with E-state index in [0.717, 1.165) is 29.7 Å². The molecule has 1 heterocycles. The van der Waals surface area contributed by atoms with Crippen LogP contribution in [0.2, 0.25) is 0 Å². The number of hydrogen-bond acceptors (Lipinski definition) is 4. The average molecular weight is 288 g/mol. The SMILES string of the molecule is O=C(NC1CCc2ccccc21)c1ccc([N+](=O)[O-])s1. The first-order chi connectivity index (χ1) is 9.65. The van der Waals surface area contributed by atoms with Gasteiger partial charge in [0.15, 0.2) is 0 Å². The molecule has 0 saturated carbocycles. The van der Waals surface area contributed by atoms with Crippen molar-refractivity contribution in [3.8, 4) is 0 Å². The van der Waals surface area contributed by atoms with Gasteiger partial charge in [-0.15, -0.1) is 0 Å². The Morgan fingerprint density at radius 1 is 1.30 bits per heavy atom. The number of nitrogens with one attached hydrogen (secondary N) is 1. The predicted molar refractivity (Wildman–Crippen MR) is 75.9 cm³/mol. The molecule has 1 aliphatic rings. The summed E-state index contributed by atoms with van der Waals surface area (Å²) in [5, 5.41) is 13.6. The van der Waals surface area contributed by atoms with E-state index in [2.05, 4.69) is 11.4 Å². The molecule has 2 aromatic rings. The van der Waals surface area contributed by atoms with Gasteiger partial charge in [-0.2, -0.15) is 0 Å². The predicted octanol–water partition coefficient (Wildman–Crippen LogP) is 3.07. The van der Waals surface area contributed by atoms with Crippen molar-refractivity contribution in [2.45, 2.75) is 18.9 Å². The molecule has 20 heavy (non-hydrogen) atoms. The van der Waals surface area contributed by atoms with Crippen molar-refractivity contribution in [1.29, 1.82) is 0 Å². The molecule has 0 bridgehead atoms. The minimum atomic E-state index is -0.480. The van der Waals surface area contributed by atoms with Crippen molar-refractivity contribution in [2.24, 2.45) is 0 Å². The van der Waals surface area contributed by atoms with Crippen LogP contribution in [-0.4, -0.2) is 10.8 Å². The molecule has 0 spiro atoms. The number of rotatable bonds is 3. The number of carbonyl (C=O) groups excluding carboxylic acids is 1. The fraction of sp³-hybridized carbons (Fsp3) is 0.214. The Kier molecular flexibility index (Phi) is 3.23. The average Bonchev–Trinajstić information content (AvgIpc) is 3.06. The van der Waals surface area contributed by atoms with Crippen molar-refractivity contribution < 1.29 is 9.72 Å². The molecule has 0 saturated heterocycles. The van der Waals surface area contributed by atoms with E-state index in [1.165, 1.54) is 17.7 Å². The highest BCUT2D eigenvalue weighted by Crippen LogP contribution is 2.31. The lowest BCUT2D eigenvalue weighted by molar-refractivity contribution is -0.380. The largest absolute Gasteiger partial charge is 0.345 e. The second-order valence-electron chi connectivity index (χ2n) is 4.66. The fourth-order valence-corrected chi connectivity index (χ4v) is 3.21. The number of nitro groups is 1. The molecule has 0 aliphatic heterocycles. The van der Waals surface area contributed by atoms with E-state index in [9.17, 15) is 14.9 Å². The van der Waals surface area contributed by atoms with Crippen LogP contribution >= 0.6 is 11.3 Å². The number of thiophene rings is 1. The first-order valence-corrected chi connectivity index (χ1v) is 7.09. The Hall–Kier alpha value is -2.21. The van der Waals surface area contributed by atoms with E-state index in [1.54, 1.807) is 0 Å². The summed E-state index contributed by atoms with van der Waals surface area (Å²) in [5.74, 6) is -0.246. The third-order valence-electron chi connectivity index (χ3n) is 3.43. The van der Waals surface area contributed by atoms with Crippen molar-refractivity contribution >= 4 is 22.2 Å². The van der Waals surface area contributed by atoms with Crippen molar-refractivity contribution in [2.75, 3.05) is 0 Å². The van der Waals surface area contributed by atoms with Gasteiger partial charge in [-0.1, -0.05) is 35.6 Å². The highest BCUT2D eigenvalue weighted by atomic mass is 32.1. The number of amides is 1. The Morgan fingerprint density at radius 3 is 2.85 bits per heavy atom. The van der Waals surface area contributed by atoms with Gasteiger partial charge in [0.05, 0.1) is 15.8 Å². The Morgan fingerprint density at radius 2 is 2.10 bits per heavy atom.